The van der Waals surface area contributed by atoms with Crippen LogP contribution in [0.2, 0.25) is 0 Å². The van der Waals surface area contributed by atoms with E-state index < -0.39 is 0 Å². The molecule has 1 aliphatic heterocycles. The fraction of sp³-hybridized carbons (Fsp3) is 0.812. The second kappa shape index (κ2) is 7.18. The summed E-state index contributed by atoms with van der Waals surface area (Å²) in [6.07, 6.45) is 4.32. The van der Waals surface area contributed by atoms with Gasteiger partial charge in [-0.15, -0.1) is 11.3 Å². The highest BCUT2D eigenvalue weighted by molar-refractivity contribution is 7.09. The quantitative estimate of drug-likeness (QED) is 0.876. The van der Waals surface area contributed by atoms with Crippen LogP contribution < -0.4 is 5.32 Å². The monoisotopic (exact) mass is 309 g/mol. The first-order chi connectivity index (χ1) is 10.2. The molecule has 0 spiro atoms. The van der Waals surface area contributed by atoms with E-state index in [4.69, 9.17) is 9.72 Å². The Kier molecular flexibility index (Phi) is 5.27. The molecule has 0 amide bonds. The van der Waals surface area contributed by atoms with Crippen LogP contribution in [0.15, 0.2) is 5.38 Å². The smallest absolute Gasteiger partial charge is 0.107 e. The molecule has 1 aromatic rings. The zero-order chi connectivity index (χ0) is 14.7. The number of rotatable bonds is 6. The minimum Gasteiger partial charge on any atom is -0.375 e. The van der Waals surface area contributed by atoms with Crippen LogP contribution in [0.5, 0.6) is 0 Å². The third-order valence-electron chi connectivity index (χ3n) is 4.39. The van der Waals surface area contributed by atoms with Crippen molar-refractivity contribution in [1.82, 2.24) is 15.2 Å². The molecule has 1 N–H and O–H groups in total. The van der Waals surface area contributed by atoms with Gasteiger partial charge in [0.1, 0.15) is 5.01 Å². The first kappa shape index (κ1) is 15.4. The Balaban J connectivity index is 1.52. The molecule has 0 bridgehead atoms. The van der Waals surface area contributed by atoms with Gasteiger partial charge in [-0.3, -0.25) is 4.90 Å². The normalized spacial score (nSPS) is 26.4. The van der Waals surface area contributed by atoms with Crippen molar-refractivity contribution in [1.29, 1.82) is 0 Å². The number of ether oxygens (including phenoxy) is 1. The third-order valence-corrected chi connectivity index (χ3v) is 5.29. The Labute approximate surface area is 131 Å². The van der Waals surface area contributed by atoms with Gasteiger partial charge in [-0.1, -0.05) is 13.8 Å². The molecule has 0 aromatic carbocycles. The van der Waals surface area contributed by atoms with Gasteiger partial charge in [0, 0.05) is 31.1 Å². The zero-order valence-electron chi connectivity index (χ0n) is 13.2. The summed E-state index contributed by atoms with van der Waals surface area (Å²) in [7, 11) is 0. The predicted molar refractivity (Wildman–Crippen MR) is 86.4 cm³/mol. The average Bonchev–Trinajstić information content (AvgIpc) is 3.08. The van der Waals surface area contributed by atoms with Gasteiger partial charge in [0.2, 0.25) is 0 Å². The SMILES string of the molecule is CC(C)CNCc1nc(CN2CCOC3CCCC32)cs1. The summed E-state index contributed by atoms with van der Waals surface area (Å²) in [5.41, 5.74) is 1.23. The first-order valence-corrected chi connectivity index (χ1v) is 9.10. The molecular formula is C16H27N3OS. The van der Waals surface area contributed by atoms with Crippen molar-refractivity contribution in [3.8, 4) is 0 Å². The average molecular weight is 309 g/mol. The molecule has 0 radical (unpaired) electrons. The van der Waals surface area contributed by atoms with E-state index in [9.17, 15) is 0 Å². The molecule has 2 heterocycles. The molecule has 2 aliphatic rings. The number of fused-ring (bicyclic) bond motifs is 1. The van der Waals surface area contributed by atoms with Crippen molar-refractivity contribution in [2.24, 2.45) is 5.92 Å². The lowest BCUT2D eigenvalue weighted by atomic mass is 10.1. The summed E-state index contributed by atoms with van der Waals surface area (Å²) in [5, 5.41) is 6.91. The summed E-state index contributed by atoms with van der Waals surface area (Å²) < 4.78 is 5.88. The Hall–Kier alpha value is -0.490. The van der Waals surface area contributed by atoms with Gasteiger partial charge >= 0.3 is 0 Å². The van der Waals surface area contributed by atoms with E-state index in [1.807, 2.05) is 0 Å². The van der Waals surface area contributed by atoms with E-state index in [1.54, 1.807) is 11.3 Å². The summed E-state index contributed by atoms with van der Waals surface area (Å²) in [6.45, 7) is 9.35. The van der Waals surface area contributed by atoms with E-state index in [1.165, 1.54) is 30.0 Å². The topological polar surface area (TPSA) is 37.4 Å². The number of hydrogen-bond acceptors (Lipinski definition) is 5. The van der Waals surface area contributed by atoms with Crippen LogP contribution in [-0.4, -0.2) is 41.7 Å². The van der Waals surface area contributed by atoms with E-state index in [-0.39, 0.29) is 0 Å². The Morgan fingerprint density at radius 1 is 1.48 bits per heavy atom. The molecule has 1 aliphatic carbocycles. The molecule has 2 atom stereocenters. The molecule has 118 valence electrons. The van der Waals surface area contributed by atoms with Crippen molar-refractivity contribution in [3.05, 3.63) is 16.1 Å². The van der Waals surface area contributed by atoms with Crippen molar-refractivity contribution in [3.63, 3.8) is 0 Å². The Morgan fingerprint density at radius 3 is 3.24 bits per heavy atom. The lowest BCUT2D eigenvalue weighted by Gasteiger charge is -2.37. The van der Waals surface area contributed by atoms with Gasteiger partial charge in [0.15, 0.2) is 0 Å². The maximum atomic E-state index is 5.88. The van der Waals surface area contributed by atoms with Crippen molar-refractivity contribution in [2.45, 2.75) is 58.3 Å². The molecule has 2 unspecified atom stereocenters. The molecule has 5 heteroatoms. The van der Waals surface area contributed by atoms with Crippen LogP contribution in [0.25, 0.3) is 0 Å². The minimum atomic E-state index is 0.476. The van der Waals surface area contributed by atoms with Crippen LogP contribution in [0, 0.1) is 5.92 Å². The molecule has 1 aromatic heterocycles. The van der Waals surface area contributed by atoms with Gasteiger partial charge in [0.05, 0.1) is 18.4 Å². The van der Waals surface area contributed by atoms with Crippen LogP contribution >= 0.6 is 11.3 Å². The first-order valence-electron chi connectivity index (χ1n) is 8.22. The molecule has 1 saturated carbocycles. The van der Waals surface area contributed by atoms with Gasteiger partial charge < -0.3 is 10.1 Å². The van der Waals surface area contributed by atoms with Gasteiger partial charge in [-0.25, -0.2) is 4.98 Å². The van der Waals surface area contributed by atoms with E-state index in [2.05, 4.69) is 29.4 Å². The van der Waals surface area contributed by atoms with Gasteiger partial charge in [-0.05, 0) is 31.7 Å². The van der Waals surface area contributed by atoms with Crippen LogP contribution in [0.4, 0.5) is 0 Å². The predicted octanol–water partition coefficient (Wildman–Crippen LogP) is 2.64. The van der Waals surface area contributed by atoms with Crippen LogP contribution in [0.3, 0.4) is 0 Å². The minimum absolute atomic E-state index is 0.476. The van der Waals surface area contributed by atoms with Gasteiger partial charge in [0.25, 0.3) is 0 Å². The van der Waals surface area contributed by atoms with E-state index in [0.29, 0.717) is 18.1 Å². The molecule has 21 heavy (non-hydrogen) atoms. The summed E-state index contributed by atoms with van der Waals surface area (Å²) in [4.78, 5) is 7.37. The number of thiazole rings is 1. The van der Waals surface area contributed by atoms with Crippen molar-refractivity contribution >= 4 is 11.3 Å². The zero-order valence-corrected chi connectivity index (χ0v) is 14.0. The number of aromatic nitrogens is 1. The highest BCUT2D eigenvalue weighted by Gasteiger charge is 2.36. The third kappa shape index (κ3) is 4.03. The van der Waals surface area contributed by atoms with E-state index in [0.717, 1.165) is 32.8 Å². The highest BCUT2D eigenvalue weighted by atomic mass is 32.1. The number of nitrogens with zero attached hydrogens (tertiary/aromatic N) is 2. The summed E-state index contributed by atoms with van der Waals surface area (Å²) in [6, 6.07) is 0.628. The fourth-order valence-electron chi connectivity index (χ4n) is 3.38. The number of morpholine rings is 1. The molecule has 4 nitrogen and oxygen atoms in total. The number of hydrogen-bond donors (Lipinski definition) is 1. The summed E-state index contributed by atoms with van der Waals surface area (Å²) in [5.74, 6) is 0.692. The lowest BCUT2D eigenvalue weighted by Crippen LogP contribution is -2.47. The molecule has 3 rings (SSSR count). The molecular weight excluding hydrogens is 282 g/mol. The van der Waals surface area contributed by atoms with Crippen LogP contribution in [0.1, 0.15) is 43.8 Å². The lowest BCUT2D eigenvalue weighted by molar-refractivity contribution is -0.0591. The van der Waals surface area contributed by atoms with E-state index >= 15 is 0 Å². The summed E-state index contributed by atoms with van der Waals surface area (Å²) >= 11 is 1.78. The van der Waals surface area contributed by atoms with Gasteiger partial charge in [-0.2, -0.15) is 0 Å². The fourth-order valence-corrected chi connectivity index (χ4v) is 4.14. The maximum absolute atomic E-state index is 5.88. The second-order valence-corrected chi connectivity index (χ2v) is 7.58. The second-order valence-electron chi connectivity index (χ2n) is 6.64. The van der Waals surface area contributed by atoms with Crippen molar-refractivity contribution < 1.29 is 4.74 Å². The Bertz CT molecular complexity index is 448. The molecule has 1 saturated heterocycles. The van der Waals surface area contributed by atoms with Crippen molar-refractivity contribution in [2.75, 3.05) is 19.7 Å². The number of nitrogens with one attached hydrogen (secondary N) is 1. The Morgan fingerprint density at radius 2 is 2.38 bits per heavy atom. The largest absolute Gasteiger partial charge is 0.375 e. The standard InChI is InChI=1S/C16H27N3OS/c1-12(2)8-17-9-16-18-13(11-21-16)10-19-6-7-20-15-5-3-4-14(15)19/h11-12,14-15,17H,3-10H2,1-2H3. The highest BCUT2D eigenvalue weighted by Crippen LogP contribution is 2.30. The van der Waals surface area contributed by atoms with Crippen LogP contribution in [-0.2, 0) is 17.8 Å². The maximum Gasteiger partial charge on any atom is 0.107 e. The molecule has 2 fully saturated rings.